The highest BCUT2D eigenvalue weighted by molar-refractivity contribution is 7.92. The Morgan fingerprint density at radius 1 is 1.33 bits per heavy atom. The number of benzene rings is 1. The zero-order chi connectivity index (χ0) is 14.0. The molecule has 0 spiro atoms. The molecular formula is C10H13F3N2O2S. The molecule has 8 heteroatoms. The number of para-hydroxylation sites is 1. The van der Waals surface area contributed by atoms with E-state index in [0.717, 1.165) is 6.07 Å². The Labute approximate surface area is 103 Å². The van der Waals surface area contributed by atoms with Crippen molar-refractivity contribution in [1.29, 1.82) is 0 Å². The molecule has 1 aromatic rings. The topological polar surface area (TPSA) is 72.2 Å². The molecule has 0 aromatic heterocycles. The Bertz CT molecular complexity index is 514. The number of sulfone groups is 1. The molecule has 0 bridgehead atoms. The average Bonchev–Trinajstić information content (AvgIpc) is 2.28. The van der Waals surface area contributed by atoms with Gasteiger partial charge < -0.3 is 11.1 Å². The van der Waals surface area contributed by atoms with Crippen molar-refractivity contribution in [3.63, 3.8) is 0 Å². The molecule has 1 atom stereocenters. The van der Waals surface area contributed by atoms with Gasteiger partial charge >= 0.3 is 5.51 Å². The van der Waals surface area contributed by atoms with Crippen LogP contribution in [0.5, 0.6) is 0 Å². The van der Waals surface area contributed by atoms with Gasteiger partial charge in [-0.1, -0.05) is 12.1 Å². The van der Waals surface area contributed by atoms with Crippen molar-refractivity contribution in [2.75, 3.05) is 11.9 Å². The van der Waals surface area contributed by atoms with E-state index in [1.54, 1.807) is 6.92 Å². The van der Waals surface area contributed by atoms with Gasteiger partial charge in [-0.25, -0.2) is 8.42 Å². The smallest absolute Gasteiger partial charge is 0.380 e. The van der Waals surface area contributed by atoms with Crippen LogP contribution in [-0.2, 0) is 9.84 Å². The summed E-state index contributed by atoms with van der Waals surface area (Å²) in [6.45, 7) is 1.80. The maximum Gasteiger partial charge on any atom is 0.501 e. The molecule has 0 saturated carbocycles. The molecule has 0 radical (unpaired) electrons. The lowest BCUT2D eigenvalue weighted by atomic mass is 10.2. The van der Waals surface area contributed by atoms with E-state index in [1.807, 2.05) is 0 Å². The lowest BCUT2D eigenvalue weighted by Gasteiger charge is -2.17. The third-order valence-corrected chi connectivity index (χ3v) is 3.78. The monoisotopic (exact) mass is 282 g/mol. The van der Waals surface area contributed by atoms with E-state index >= 15 is 0 Å². The number of nitrogens with two attached hydrogens (primary N) is 1. The van der Waals surface area contributed by atoms with Crippen LogP contribution in [0.15, 0.2) is 29.2 Å². The van der Waals surface area contributed by atoms with Crippen molar-refractivity contribution in [1.82, 2.24) is 0 Å². The van der Waals surface area contributed by atoms with Gasteiger partial charge in [0.15, 0.2) is 0 Å². The van der Waals surface area contributed by atoms with Gasteiger partial charge in [0.1, 0.15) is 0 Å². The third-order valence-electron chi connectivity index (χ3n) is 2.24. The minimum atomic E-state index is -5.36. The first-order valence-corrected chi connectivity index (χ1v) is 6.55. The van der Waals surface area contributed by atoms with Crippen molar-refractivity contribution in [2.24, 2.45) is 5.73 Å². The molecule has 0 aliphatic carbocycles. The van der Waals surface area contributed by atoms with Crippen LogP contribution < -0.4 is 11.1 Å². The van der Waals surface area contributed by atoms with Crippen LogP contribution in [0.2, 0.25) is 0 Å². The third kappa shape index (κ3) is 2.94. The summed E-state index contributed by atoms with van der Waals surface area (Å²) >= 11 is 0. The highest BCUT2D eigenvalue weighted by Gasteiger charge is 2.47. The van der Waals surface area contributed by atoms with Crippen molar-refractivity contribution in [2.45, 2.75) is 23.4 Å². The molecule has 4 nitrogen and oxygen atoms in total. The molecule has 0 fully saturated rings. The Kier molecular flexibility index (Phi) is 4.23. The van der Waals surface area contributed by atoms with Gasteiger partial charge in [0.25, 0.3) is 9.84 Å². The highest BCUT2D eigenvalue weighted by Crippen LogP contribution is 2.34. The molecule has 0 saturated heterocycles. The van der Waals surface area contributed by atoms with E-state index in [1.165, 1.54) is 18.2 Å². The van der Waals surface area contributed by atoms with Crippen molar-refractivity contribution in [3.05, 3.63) is 24.3 Å². The van der Waals surface area contributed by atoms with Crippen molar-refractivity contribution >= 4 is 15.5 Å². The minimum Gasteiger partial charge on any atom is -0.380 e. The average molecular weight is 282 g/mol. The van der Waals surface area contributed by atoms with Gasteiger partial charge in [0.2, 0.25) is 0 Å². The Hall–Kier alpha value is -1.28. The van der Waals surface area contributed by atoms with Crippen LogP contribution in [0, 0.1) is 0 Å². The summed E-state index contributed by atoms with van der Waals surface area (Å²) in [5.41, 5.74) is -0.0960. The van der Waals surface area contributed by atoms with Gasteiger partial charge in [0.05, 0.1) is 10.6 Å². The van der Waals surface area contributed by atoms with Gasteiger partial charge in [-0.2, -0.15) is 13.2 Å². The molecule has 0 aliphatic heterocycles. The highest BCUT2D eigenvalue weighted by atomic mass is 32.2. The summed E-state index contributed by atoms with van der Waals surface area (Å²) in [5, 5.41) is 2.63. The fourth-order valence-electron chi connectivity index (χ4n) is 1.27. The van der Waals surface area contributed by atoms with Crippen LogP contribution in [0.3, 0.4) is 0 Å². The molecule has 1 rings (SSSR count). The zero-order valence-electron chi connectivity index (χ0n) is 9.53. The first kappa shape index (κ1) is 14.8. The Morgan fingerprint density at radius 2 is 1.89 bits per heavy atom. The number of nitrogens with one attached hydrogen (secondary N) is 1. The molecule has 1 unspecified atom stereocenters. The van der Waals surface area contributed by atoms with Crippen LogP contribution in [-0.4, -0.2) is 26.5 Å². The Balaban J connectivity index is 3.26. The minimum absolute atomic E-state index is 0.104. The lowest BCUT2D eigenvalue weighted by molar-refractivity contribution is -0.0435. The summed E-state index contributed by atoms with van der Waals surface area (Å²) in [5.74, 6) is 0. The largest absolute Gasteiger partial charge is 0.501 e. The molecule has 102 valence electrons. The summed E-state index contributed by atoms with van der Waals surface area (Å²) in [6.07, 6.45) is 0. The number of hydrogen-bond acceptors (Lipinski definition) is 4. The molecule has 3 N–H and O–H groups in total. The quantitative estimate of drug-likeness (QED) is 0.882. The second-order valence-electron chi connectivity index (χ2n) is 3.73. The van der Waals surface area contributed by atoms with Crippen molar-refractivity contribution in [3.8, 4) is 0 Å². The van der Waals surface area contributed by atoms with E-state index in [9.17, 15) is 21.6 Å². The van der Waals surface area contributed by atoms with Gasteiger partial charge in [-0.05, 0) is 19.1 Å². The van der Waals surface area contributed by atoms with Crippen molar-refractivity contribution < 1.29 is 21.6 Å². The van der Waals surface area contributed by atoms with E-state index < -0.39 is 20.2 Å². The second kappa shape index (κ2) is 5.15. The van der Waals surface area contributed by atoms with E-state index in [-0.39, 0.29) is 18.3 Å². The first-order chi connectivity index (χ1) is 8.20. The van der Waals surface area contributed by atoms with E-state index in [2.05, 4.69) is 5.32 Å². The Morgan fingerprint density at radius 3 is 2.39 bits per heavy atom. The lowest BCUT2D eigenvalue weighted by Crippen LogP contribution is -2.28. The SMILES string of the molecule is CC(CN)Nc1ccccc1S(=O)(=O)C(F)(F)F. The van der Waals surface area contributed by atoms with Gasteiger partial charge in [0, 0.05) is 12.6 Å². The van der Waals surface area contributed by atoms with Crippen LogP contribution in [0.25, 0.3) is 0 Å². The van der Waals surface area contributed by atoms with Gasteiger partial charge in [-0.15, -0.1) is 0 Å². The standard InChI is InChI=1S/C10H13F3N2O2S/c1-7(6-14)15-8-4-2-3-5-9(8)18(16,17)10(11,12)13/h2-5,7,15H,6,14H2,1H3. The molecule has 0 heterocycles. The number of halogens is 3. The summed E-state index contributed by atoms with van der Waals surface area (Å²) < 4.78 is 60.1. The molecule has 0 aliphatic rings. The number of hydrogen-bond donors (Lipinski definition) is 2. The number of alkyl halides is 3. The molecular weight excluding hydrogens is 269 g/mol. The fourth-order valence-corrected chi connectivity index (χ4v) is 2.19. The normalized spacial score (nSPS) is 14.3. The molecule has 0 amide bonds. The maximum absolute atomic E-state index is 12.5. The number of rotatable bonds is 4. The number of anilines is 1. The maximum atomic E-state index is 12.5. The van der Waals surface area contributed by atoms with Crippen LogP contribution in [0.1, 0.15) is 6.92 Å². The predicted octanol–water partition coefficient (Wildman–Crippen LogP) is 1.74. The second-order valence-corrected chi connectivity index (χ2v) is 5.64. The molecule has 1 aromatic carbocycles. The van der Waals surface area contributed by atoms with E-state index in [0.29, 0.717) is 0 Å². The first-order valence-electron chi connectivity index (χ1n) is 5.07. The predicted molar refractivity (Wildman–Crippen MR) is 61.8 cm³/mol. The zero-order valence-corrected chi connectivity index (χ0v) is 10.3. The van der Waals surface area contributed by atoms with E-state index in [4.69, 9.17) is 5.73 Å². The summed E-state index contributed by atoms with van der Waals surface area (Å²) in [6, 6.07) is 4.52. The molecule has 18 heavy (non-hydrogen) atoms. The summed E-state index contributed by atoms with van der Waals surface area (Å²) in [4.78, 5) is -0.794. The van der Waals surface area contributed by atoms with Gasteiger partial charge in [-0.3, -0.25) is 0 Å². The van der Waals surface area contributed by atoms with Crippen LogP contribution in [0.4, 0.5) is 18.9 Å². The van der Waals surface area contributed by atoms with Crippen LogP contribution >= 0.6 is 0 Å². The summed E-state index contributed by atoms with van der Waals surface area (Å²) in [7, 11) is -5.36. The fraction of sp³-hybridized carbons (Fsp3) is 0.400.